The Balaban J connectivity index is 2.22. The van der Waals surface area contributed by atoms with Crippen LogP contribution in [-0.2, 0) is 6.61 Å². The second kappa shape index (κ2) is 5.95. The highest BCUT2D eigenvalue weighted by molar-refractivity contribution is 6.37. The van der Waals surface area contributed by atoms with Crippen LogP contribution in [0.25, 0.3) is 0 Å². The number of benzene rings is 2. The molecule has 5 heteroatoms. The van der Waals surface area contributed by atoms with E-state index in [1.165, 1.54) is 6.07 Å². The number of carboxylic acid groups (broad SMARTS) is 1. The summed E-state index contributed by atoms with van der Waals surface area (Å²) in [6, 6.07) is 11.7. The van der Waals surface area contributed by atoms with Gasteiger partial charge < -0.3 is 9.84 Å². The quantitative estimate of drug-likeness (QED) is 0.916. The summed E-state index contributed by atoms with van der Waals surface area (Å²) in [6.45, 7) is 0.0892. The monoisotopic (exact) mass is 296 g/mol. The summed E-state index contributed by atoms with van der Waals surface area (Å²) in [5, 5.41) is 9.84. The zero-order chi connectivity index (χ0) is 13.8. The summed E-state index contributed by atoms with van der Waals surface area (Å²) in [5.41, 5.74) is 0.761. The molecule has 3 nitrogen and oxygen atoms in total. The highest BCUT2D eigenvalue weighted by Crippen LogP contribution is 2.33. The molecule has 0 aliphatic carbocycles. The second-order valence-electron chi connectivity index (χ2n) is 3.80. The molecule has 0 aliphatic heterocycles. The van der Waals surface area contributed by atoms with Gasteiger partial charge in [-0.15, -0.1) is 0 Å². The normalized spacial score (nSPS) is 10.2. The molecule has 0 fully saturated rings. The molecular weight excluding hydrogens is 287 g/mol. The smallest absolute Gasteiger partial charge is 0.336 e. The molecule has 0 radical (unpaired) electrons. The van der Waals surface area contributed by atoms with Gasteiger partial charge in [0.2, 0.25) is 0 Å². The number of carboxylic acids is 1. The van der Waals surface area contributed by atoms with Crippen molar-refractivity contribution in [3.8, 4) is 5.75 Å². The molecule has 0 aromatic heterocycles. The molecule has 2 rings (SSSR count). The van der Waals surface area contributed by atoms with E-state index in [9.17, 15) is 4.79 Å². The molecule has 2 aromatic rings. The highest BCUT2D eigenvalue weighted by atomic mass is 35.5. The van der Waals surface area contributed by atoms with E-state index in [0.717, 1.165) is 0 Å². The van der Waals surface area contributed by atoms with Crippen molar-refractivity contribution >= 4 is 29.2 Å². The first-order chi connectivity index (χ1) is 9.09. The number of halogens is 2. The highest BCUT2D eigenvalue weighted by Gasteiger charge is 2.11. The van der Waals surface area contributed by atoms with Gasteiger partial charge in [0.1, 0.15) is 6.61 Å². The van der Waals surface area contributed by atoms with Crippen LogP contribution in [-0.4, -0.2) is 11.1 Å². The van der Waals surface area contributed by atoms with E-state index < -0.39 is 5.97 Å². The molecule has 0 heterocycles. The van der Waals surface area contributed by atoms with Gasteiger partial charge in [-0.25, -0.2) is 4.79 Å². The summed E-state index contributed by atoms with van der Waals surface area (Å²) in [6.07, 6.45) is 0. The average Bonchev–Trinajstić information content (AvgIpc) is 2.38. The molecule has 1 N–H and O–H groups in total. The van der Waals surface area contributed by atoms with E-state index in [2.05, 4.69) is 0 Å². The average molecular weight is 297 g/mol. The van der Waals surface area contributed by atoms with E-state index in [4.69, 9.17) is 33.0 Å². The van der Waals surface area contributed by atoms with Gasteiger partial charge in [0.15, 0.2) is 5.75 Å². The summed E-state index contributed by atoms with van der Waals surface area (Å²) in [4.78, 5) is 11.1. The predicted molar refractivity (Wildman–Crippen MR) is 74.2 cm³/mol. The van der Waals surface area contributed by atoms with Crippen LogP contribution in [0.2, 0.25) is 10.0 Å². The molecular formula is C14H10Cl2O3. The number of aromatic carboxylic acids is 1. The first-order valence-corrected chi connectivity index (χ1v) is 6.23. The molecule has 0 saturated carbocycles. The molecule has 0 atom stereocenters. The predicted octanol–water partition coefficient (Wildman–Crippen LogP) is 4.27. The van der Waals surface area contributed by atoms with Crippen LogP contribution in [0, 0.1) is 0 Å². The molecule has 2 aromatic carbocycles. The standard InChI is InChI=1S/C14H10Cl2O3/c15-11-6-3-7-12(16)13(11)19-8-9-4-1-2-5-10(9)14(17)18/h1-7H,8H2,(H,17,18). The fourth-order valence-electron chi connectivity index (χ4n) is 1.63. The van der Waals surface area contributed by atoms with Crippen molar-refractivity contribution in [2.75, 3.05) is 0 Å². The van der Waals surface area contributed by atoms with Crippen molar-refractivity contribution in [2.45, 2.75) is 6.61 Å². The Morgan fingerprint density at radius 1 is 1.05 bits per heavy atom. The van der Waals surface area contributed by atoms with Crippen molar-refractivity contribution in [3.05, 3.63) is 63.6 Å². The molecule has 0 saturated heterocycles. The minimum absolute atomic E-state index is 0.0892. The number of rotatable bonds is 4. The van der Waals surface area contributed by atoms with E-state index in [0.29, 0.717) is 21.4 Å². The summed E-state index contributed by atoms with van der Waals surface area (Å²) < 4.78 is 5.52. The third-order valence-corrected chi connectivity index (χ3v) is 3.13. The van der Waals surface area contributed by atoms with E-state index in [1.807, 2.05) is 0 Å². The van der Waals surface area contributed by atoms with Crippen molar-refractivity contribution in [1.29, 1.82) is 0 Å². The molecule has 0 aliphatic rings. The summed E-state index contributed by atoms with van der Waals surface area (Å²) >= 11 is 11.9. The lowest BCUT2D eigenvalue weighted by molar-refractivity contribution is 0.0694. The lowest BCUT2D eigenvalue weighted by atomic mass is 10.1. The SMILES string of the molecule is O=C(O)c1ccccc1COc1c(Cl)cccc1Cl. The first-order valence-electron chi connectivity index (χ1n) is 5.47. The number of para-hydroxylation sites is 1. The maximum atomic E-state index is 11.1. The van der Waals surface area contributed by atoms with Crippen LogP contribution in [0.1, 0.15) is 15.9 Å². The third-order valence-electron chi connectivity index (χ3n) is 2.54. The van der Waals surface area contributed by atoms with Gasteiger partial charge in [0.25, 0.3) is 0 Å². The maximum Gasteiger partial charge on any atom is 0.336 e. The van der Waals surface area contributed by atoms with Gasteiger partial charge >= 0.3 is 5.97 Å². The summed E-state index contributed by atoms with van der Waals surface area (Å²) in [7, 11) is 0. The van der Waals surface area contributed by atoms with Crippen LogP contribution in [0.5, 0.6) is 5.75 Å². The zero-order valence-corrected chi connectivity index (χ0v) is 11.3. The van der Waals surface area contributed by atoms with Crippen LogP contribution in [0.3, 0.4) is 0 Å². The summed E-state index contributed by atoms with van der Waals surface area (Å²) in [5.74, 6) is -0.643. The van der Waals surface area contributed by atoms with Gasteiger partial charge in [-0.05, 0) is 18.2 Å². The van der Waals surface area contributed by atoms with Crippen molar-refractivity contribution in [3.63, 3.8) is 0 Å². The Morgan fingerprint density at radius 3 is 2.32 bits per heavy atom. The number of hydrogen-bond donors (Lipinski definition) is 1. The largest absolute Gasteiger partial charge is 0.486 e. The van der Waals surface area contributed by atoms with Crippen LogP contribution in [0.4, 0.5) is 0 Å². The van der Waals surface area contributed by atoms with Crippen molar-refractivity contribution in [2.24, 2.45) is 0 Å². The fraction of sp³-hybridized carbons (Fsp3) is 0.0714. The lowest BCUT2D eigenvalue weighted by Gasteiger charge is -2.11. The number of carbonyl (C=O) groups is 1. The van der Waals surface area contributed by atoms with Crippen LogP contribution < -0.4 is 4.74 Å². The van der Waals surface area contributed by atoms with Gasteiger partial charge in [0, 0.05) is 5.56 Å². The Morgan fingerprint density at radius 2 is 1.68 bits per heavy atom. The fourth-order valence-corrected chi connectivity index (χ4v) is 2.13. The Bertz CT molecular complexity index is 591. The Labute approximate surface area is 120 Å². The minimum Gasteiger partial charge on any atom is -0.486 e. The van der Waals surface area contributed by atoms with Gasteiger partial charge in [-0.2, -0.15) is 0 Å². The van der Waals surface area contributed by atoms with Crippen LogP contribution in [0.15, 0.2) is 42.5 Å². The number of ether oxygens (including phenoxy) is 1. The number of hydrogen-bond acceptors (Lipinski definition) is 2. The first kappa shape index (κ1) is 13.7. The van der Waals surface area contributed by atoms with E-state index in [1.54, 1.807) is 36.4 Å². The van der Waals surface area contributed by atoms with Crippen molar-refractivity contribution in [1.82, 2.24) is 0 Å². The topological polar surface area (TPSA) is 46.5 Å². The van der Waals surface area contributed by atoms with Gasteiger partial charge in [0.05, 0.1) is 15.6 Å². The molecule has 0 amide bonds. The molecule has 98 valence electrons. The molecule has 0 unspecified atom stereocenters. The van der Waals surface area contributed by atoms with E-state index >= 15 is 0 Å². The Kier molecular flexibility index (Phi) is 4.30. The molecule has 19 heavy (non-hydrogen) atoms. The molecule has 0 bridgehead atoms. The van der Waals surface area contributed by atoms with Gasteiger partial charge in [-0.1, -0.05) is 47.5 Å². The van der Waals surface area contributed by atoms with Gasteiger partial charge in [-0.3, -0.25) is 0 Å². The Hall–Kier alpha value is -1.71. The molecule has 0 spiro atoms. The van der Waals surface area contributed by atoms with Crippen molar-refractivity contribution < 1.29 is 14.6 Å². The second-order valence-corrected chi connectivity index (χ2v) is 4.62. The maximum absolute atomic E-state index is 11.1. The minimum atomic E-state index is -0.996. The van der Waals surface area contributed by atoms with Crippen LogP contribution >= 0.6 is 23.2 Å². The third kappa shape index (κ3) is 3.19. The lowest BCUT2D eigenvalue weighted by Crippen LogP contribution is -2.05. The van der Waals surface area contributed by atoms with E-state index in [-0.39, 0.29) is 12.2 Å². The zero-order valence-electron chi connectivity index (χ0n) is 9.77.